The minimum Gasteiger partial charge on any atom is -0.361 e. The van der Waals surface area contributed by atoms with Gasteiger partial charge in [-0.25, -0.2) is 17.4 Å². The molecule has 1 saturated heterocycles. The summed E-state index contributed by atoms with van der Waals surface area (Å²) in [7, 11) is 2.24. The van der Waals surface area contributed by atoms with Gasteiger partial charge in [-0.3, -0.25) is 4.90 Å². The van der Waals surface area contributed by atoms with Crippen molar-refractivity contribution in [1.82, 2.24) is 15.2 Å². The van der Waals surface area contributed by atoms with Gasteiger partial charge in [-0.15, -0.1) is 0 Å². The Morgan fingerprint density at radius 2 is 1.89 bits per heavy atom. The molecule has 0 bridgehead atoms. The Kier molecular flexibility index (Phi) is 8.51. The molecule has 1 fully saturated rings. The molecule has 1 aliphatic heterocycles. The number of amidine groups is 1. The maximum absolute atomic E-state index is 13.6. The Morgan fingerprint density at radius 3 is 2.57 bits per heavy atom. The Bertz CT molecular complexity index is 1320. The quantitative estimate of drug-likeness (QED) is 0.215. The van der Waals surface area contributed by atoms with Crippen LogP contribution in [0.5, 0.6) is 0 Å². The molecule has 4 rings (SSSR count). The van der Waals surface area contributed by atoms with Crippen LogP contribution in [-0.4, -0.2) is 54.1 Å². The summed E-state index contributed by atoms with van der Waals surface area (Å²) in [5.41, 5.74) is 3.71. The lowest BCUT2D eigenvalue weighted by Gasteiger charge is -2.26. The summed E-state index contributed by atoms with van der Waals surface area (Å²) in [6.07, 6.45) is 0. The predicted molar refractivity (Wildman–Crippen MR) is 145 cm³/mol. The van der Waals surface area contributed by atoms with Crippen LogP contribution in [0.3, 0.4) is 0 Å². The van der Waals surface area contributed by atoms with E-state index in [-0.39, 0.29) is 17.3 Å². The molecule has 35 heavy (non-hydrogen) atoms. The van der Waals surface area contributed by atoms with Crippen molar-refractivity contribution in [2.75, 3.05) is 35.2 Å². The average Bonchev–Trinajstić information content (AvgIpc) is 3.31. The molecule has 2 aromatic carbocycles. The average molecular weight is 631 g/mol. The van der Waals surface area contributed by atoms with Gasteiger partial charge in [-0.05, 0) is 61.4 Å². The summed E-state index contributed by atoms with van der Waals surface area (Å²) in [6, 6.07) is 12.8. The fraction of sp³-hybridized carbons (Fsp3) is 0.318. The molecule has 3 aromatic rings. The minimum absolute atomic E-state index is 0.220. The number of halogens is 2. The summed E-state index contributed by atoms with van der Waals surface area (Å²) in [6.45, 7) is 4.02. The van der Waals surface area contributed by atoms with Gasteiger partial charge in [0.15, 0.2) is 21.4 Å². The second kappa shape index (κ2) is 11.6. The maximum atomic E-state index is 13.6. The summed E-state index contributed by atoms with van der Waals surface area (Å²) < 4.78 is 46.2. The Labute approximate surface area is 216 Å². The van der Waals surface area contributed by atoms with Gasteiger partial charge in [-0.2, -0.15) is 3.21 Å². The van der Waals surface area contributed by atoms with E-state index in [1.54, 1.807) is 19.1 Å². The molecule has 0 radical (unpaired) electrons. The first-order valence-electron chi connectivity index (χ1n) is 10.8. The molecule has 2 heterocycles. The summed E-state index contributed by atoms with van der Waals surface area (Å²) in [4.78, 5) is 2.15. The third-order valence-corrected chi connectivity index (χ3v) is 8.33. The first kappa shape index (κ1) is 25.7. The molecule has 1 aromatic heterocycles. The Balaban J connectivity index is 1.38. The molecule has 0 atom stereocenters. The van der Waals surface area contributed by atoms with Crippen LogP contribution in [0, 0.1) is 12.7 Å². The van der Waals surface area contributed by atoms with Crippen molar-refractivity contribution in [3.05, 3.63) is 70.7 Å². The fourth-order valence-electron chi connectivity index (χ4n) is 3.59. The number of aryl methyl sites for hydroxylation is 1. The zero-order valence-electron chi connectivity index (χ0n) is 18.9. The van der Waals surface area contributed by atoms with Crippen molar-refractivity contribution in [1.29, 1.82) is 0 Å². The molecule has 0 spiro atoms. The highest BCUT2D eigenvalue weighted by atomic mass is 127. The third kappa shape index (κ3) is 7.08. The number of hydrogen-bond donors (Lipinski definition) is 2. The van der Waals surface area contributed by atoms with Crippen molar-refractivity contribution >= 4 is 56.0 Å². The second-order valence-corrected chi connectivity index (χ2v) is 12.3. The lowest BCUT2D eigenvalue weighted by Crippen LogP contribution is -2.39. The van der Waals surface area contributed by atoms with Crippen LogP contribution < -0.4 is 10.6 Å². The Hall–Kier alpha value is -2.36. The van der Waals surface area contributed by atoms with E-state index in [0.717, 1.165) is 17.7 Å². The van der Waals surface area contributed by atoms with Gasteiger partial charge in [0.05, 0.1) is 11.5 Å². The van der Waals surface area contributed by atoms with Gasteiger partial charge in [0.25, 0.3) is 0 Å². The SMILES string of the molecule is Cc1cc(NC(=NI=S)c2nonc2NCc2ccc(CN3CCS(=O)(=O)CC3)cc2)ccc1F. The number of nitrogens with zero attached hydrogens (tertiary/aromatic N) is 4. The number of aromatic nitrogens is 2. The van der Waals surface area contributed by atoms with Crippen LogP contribution in [0.1, 0.15) is 22.4 Å². The predicted octanol–water partition coefficient (Wildman–Crippen LogP) is 4.22. The van der Waals surface area contributed by atoms with E-state index in [1.807, 2.05) is 24.3 Å². The largest absolute Gasteiger partial charge is 0.361 e. The molecule has 186 valence electrons. The van der Waals surface area contributed by atoms with Gasteiger partial charge in [0, 0.05) is 31.9 Å². The van der Waals surface area contributed by atoms with E-state index in [4.69, 9.17) is 13.9 Å². The summed E-state index contributed by atoms with van der Waals surface area (Å²) in [5, 5.41) is 14.3. The molecular formula is C22H24FIN6O3S2. The number of benzene rings is 2. The summed E-state index contributed by atoms with van der Waals surface area (Å²) >= 11 is -0.876. The first-order valence-corrected chi connectivity index (χ1v) is 16.5. The molecule has 2 N–H and O–H groups in total. The molecule has 0 unspecified atom stereocenters. The molecule has 1 aliphatic rings. The van der Waals surface area contributed by atoms with Crippen molar-refractivity contribution in [2.45, 2.75) is 20.0 Å². The van der Waals surface area contributed by atoms with Crippen molar-refractivity contribution in [3.8, 4) is 0 Å². The normalized spacial score (nSPS) is 16.2. The van der Waals surface area contributed by atoms with E-state index in [2.05, 4.69) is 29.1 Å². The molecule has 0 amide bonds. The van der Waals surface area contributed by atoms with Crippen LogP contribution >= 0.6 is 28.8 Å². The highest BCUT2D eigenvalue weighted by molar-refractivity contribution is 14.2. The molecular weight excluding hydrogens is 606 g/mol. The lowest BCUT2D eigenvalue weighted by molar-refractivity contribution is 0.287. The van der Waals surface area contributed by atoms with Crippen LogP contribution in [-0.2, 0) is 22.9 Å². The van der Waals surface area contributed by atoms with E-state index in [1.165, 1.54) is 6.07 Å². The van der Waals surface area contributed by atoms with Gasteiger partial charge in [0.2, 0.25) is 5.82 Å². The van der Waals surface area contributed by atoms with Crippen molar-refractivity contribution < 1.29 is 17.4 Å². The molecule has 0 saturated carbocycles. The van der Waals surface area contributed by atoms with Crippen LogP contribution in [0.15, 0.2) is 50.3 Å². The van der Waals surface area contributed by atoms with Gasteiger partial charge in [-0.1, -0.05) is 24.3 Å². The highest BCUT2D eigenvalue weighted by Gasteiger charge is 2.21. The number of rotatable bonds is 8. The zero-order valence-corrected chi connectivity index (χ0v) is 22.7. The number of hydrogen-bond acceptors (Lipinski definition) is 8. The smallest absolute Gasteiger partial charge is 0.202 e. The molecule has 13 heteroatoms. The fourth-order valence-corrected chi connectivity index (χ4v) is 5.87. The van der Waals surface area contributed by atoms with Crippen molar-refractivity contribution in [2.24, 2.45) is 3.21 Å². The van der Waals surface area contributed by atoms with Gasteiger partial charge >= 0.3 is 0 Å². The maximum Gasteiger partial charge on any atom is 0.202 e. The van der Waals surface area contributed by atoms with E-state index >= 15 is 0 Å². The first-order chi connectivity index (χ1) is 16.8. The summed E-state index contributed by atoms with van der Waals surface area (Å²) in [5.74, 6) is 0.988. The standard InChI is InChI=1S/C22H24FIN6O3S2/c1-15-12-18(6-7-19(15)23)26-22(27-24-34)20-21(29-33-28-20)25-13-16-2-4-17(5-3-16)14-30-8-10-35(31,32)11-9-30/h2-7,12H,8-11,13-14H2,1H3,(H,25,29)(H,26,27,34). The Morgan fingerprint density at radius 1 is 1.17 bits per heavy atom. The highest BCUT2D eigenvalue weighted by Crippen LogP contribution is 2.20. The third-order valence-electron chi connectivity index (χ3n) is 5.58. The topological polar surface area (TPSA) is 113 Å². The van der Waals surface area contributed by atoms with Crippen LogP contribution in [0.2, 0.25) is 0 Å². The number of sulfone groups is 1. The van der Waals surface area contributed by atoms with Gasteiger partial charge in [0.1, 0.15) is 25.3 Å². The second-order valence-electron chi connectivity index (χ2n) is 8.15. The monoisotopic (exact) mass is 630 g/mol. The lowest BCUT2D eigenvalue weighted by atomic mass is 10.1. The van der Waals surface area contributed by atoms with Crippen molar-refractivity contribution in [3.63, 3.8) is 0 Å². The minimum atomic E-state index is -2.88. The number of nitrogens with one attached hydrogen (secondary N) is 2. The van der Waals surface area contributed by atoms with E-state index in [9.17, 15) is 12.8 Å². The van der Waals surface area contributed by atoms with E-state index in [0.29, 0.717) is 48.2 Å². The van der Waals surface area contributed by atoms with Gasteiger partial charge < -0.3 is 10.6 Å². The van der Waals surface area contributed by atoms with Crippen LogP contribution in [0.25, 0.3) is 0 Å². The zero-order chi connectivity index (χ0) is 24.8. The van der Waals surface area contributed by atoms with Crippen LogP contribution in [0.4, 0.5) is 15.9 Å². The number of anilines is 2. The molecule has 0 aliphatic carbocycles. The molecule has 9 nitrogen and oxygen atoms in total. The van der Waals surface area contributed by atoms with E-state index < -0.39 is 29.4 Å².